The van der Waals surface area contributed by atoms with E-state index in [1.54, 1.807) is 30.3 Å². The molecule has 0 aromatic heterocycles. The number of aromatic hydroxyl groups is 1. The van der Waals surface area contributed by atoms with Crippen molar-refractivity contribution in [2.75, 3.05) is 0 Å². The highest BCUT2D eigenvalue weighted by Gasteiger charge is 2.27. The van der Waals surface area contributed by atoms with Gasteiger partial charge in [0.2, 0.25) is 5.78 Å². The van der Waals surface area contributed by atoms with E-state index in [4.69, 9.17) is 16.3 Å². The van der Waals surface area contributed by atoms with E-state index in [2.05, 4.69) is 15.9 Å². The molecule has 0 bridgehead atoms. The molecule has 0 spiro atoms. The Morgan fingerprint density at radius 3 is 2.75 bits per heavy atom. The van der Waals surface area contributed by atoms with Gasteiger partial charge in [0.05, 0.1) is 10.6 Å². The first-order chi connectivity index (χ1) is 9.54. The van der Waals surface area contributed by atoms with Crippen LogP contribution in [0.15, 0.2) is 46.6 Å². The Morgan fingerprint density at radius 1 is 1.20 bits per heavy atom. The van der Waals surface area contributed by atoms with Crippen LogP contribution in [-0.4, -0.2) is 10.9 Å². The van der Waals surface area contributed by atoms with Gasteiger partial charge in [-0.25, -0.2) is 0 Å². The number of hydrogen-bond donors (Lipinski definition) is 1. The number of hydrogen-bond acceptors (Lipinski definition) is 3. The number of phenolic OH excluding ortho intramolecular Hbond substituents is 1. The number of carbonyl (C=O) groups is 1. The first kappa shape index (κ1) is 13.2. The Hall–Kier alpha value is -1.78. The van der Waals surface area contributed by atoms with Crippen molar-refractivity contribution in [3.8, 4) is 11.5 Å². The smallest absolute Gasteiger partial charge is 0.232 e. The van der Waals surface area contributed by atoms with Gasteiger partial charge in [0.15, 0.2) is 5.76 Å². The van der Waals surface area contributed by atoms with E-state index >= 15 is 0 Å². The molecule has 1 heterocycles. The Labute approximate surface area is 128 Å². The zero-order valence-corrected chi connectivity index (χ0v) is 12.4. The number of benzene rings is 2. The minimum Gasteiger partial charge on any atom is -0.506 e. The van der Waals surface area contributed by atoms with Crippen LogP contribution in [0.4, 0.5) is 0 Å². The lowest BCUT2D eigenvalue weighted by Gasteiger charge is -2.00. The number of rotatable bonds is 1. The van der Waals surface area contributed by atoms with Gasteiger partial charge in [-0.15, -0.1) is 0 Å². The zero-order chi connectivity index (χ0) is 14.3. The summed E-state index contributed by atoms with van der Waals surface area (Å²) in [7, 11) is 0. The molecule has 0 aliphatic carbocycles. The highest BCUT2D eigenvalue weighted by atomic mass is 79.9. The van der Waals surface area contributed by atoms with E-state index in [0.29, 0.717) is 16.9 Å². The summed E-state index contributed by atoms with van der Waals surface area (Å²) < 4.78 is 6.35. The molecule has 0 saturated carbocycles. The van der Waals surface area contributed by atoms with Crippen molar-refractivity contribution in [1.82, 2.24) is 0 Å². The summed E-state index contributed by atoms with van der Waals surface area (Å²) in [6.45, 7) is 0. The highest BCUT2D eigenvalue weighted by molar-refractivity contribution is 9.10. The molecule has 3 rings (SSSR count). The lowest BCUT2D eigenvalue weighted by Crippen LogP contribution is -1.98. The Bertz CT molecular complexity index is 753. The second-order valence-corrected chi connectivity index (χ2v) is 5.61. The third-order valence-corrected chi connectivity index (χ3v) is 3.70. The molecule has 2 aromatic rings. The summed E-state index contributed by atoms with van der Waals surface area (Å²) in [5, 5.41) is 9.60. The molecular formula is C15H8BrClO3. The van der Waals surface area contributed by atoms with Crippen molar-refractivity contribution in [3.63, 3.8) is 0 Å². The summed E-state index contributed by atoms with van der Waals surface area (Å²) in [4.78, 5) is 12.2. The number of halogens is 2. The third-order valence-electron chi connectivity index (χ3n) is 2.90. The second kappa shape index (κ2) is 4.96. The van der Waals surface area contributed by atoms with Crippen LogP contribution in [0.3, 0.4) is 0 Å². The van der Waals surface area contributed by atoms with Gasteiger partial charge in [0.1, 0.15) is 11.5 Å². The van der Waals surface area contributed by atoms with Crippen molar-refractivity contribution >= 4 is 39.4 Å². The molecule has 0 amide bonds. The van der Waals surface area contributed by atoms with Gasteiger partial charge in [0, 0.05) is 4.47 Å². The van der Waals surface area contributed by atoms with Crippen molar-refractivity contribution in [1.29, 1.82) is 0 Å². The van der Waals surface area contributed by atoms with E-state index in [0.717, 1.165) is 4.47 Å². The SMILES string of the molecule is O=C1C(=Cc2ccc(O)c(Cl)c2)Oc2ccc(Br)cc21. The third kappa shape index (κ3) is 2.32. The molecule has 0 atom stereocenters. The minimum absolute atomic E-state index is 0.000278. The minimum atomic E-state index is -0.175. The van der Waals surface area contributed by atoms with Crippen LogP contribution in [-0.2, 0) is 0 Å². The van der Waals surface area contributed by atoms with Crippen LogP contribution in [0, 0.1) is 0 Å². The van der Waals surface area contributed by atoms with Crippen molar-refractivity contribution in [2.24, 2.45) is 0 Å². The van der Waals surface area contributed by atoms with E-state index in [1.165, 1.54) is 6.07 Å². The first-order valence-corrected chi connectivity index (χ1v) is 6.94. The summed E-state index contributed by atoms with van der Waals surface area (Å²) in [6, 6.07) is 9.97. The summed E-state index contributed by atoms with van der Waals surface area (Å²) >= 11 is 9.16. The van der Waals surface area contributed by atoms with Gasteiger partial charge in [-0.3, -0.25) is 4.79 Å². The average molecular weight is 352 g/mol. The van der Waals surface area contributed by atoms with E-state index in [-0.39, 0.29) is 22.3 Å². The molecular weight excluding hydrogens is 344 g/mol. The summed E-state index contributed by atoms with van der Waals surface area (Å²) in [6.07, 6.45) is 1.60. The molecule has 0 radical (unpaired) electrons. The Balaban J connectivity index is 1.99. The predicted molar refractivity (Wildman–Crippen MR) is 80.2 cm³/mol. The number of carbonyl (C=O) groups excluding carboxylic acids is 1. The topological polar surface area (TPSA) is 46.5 Å². The molecule has 1 N–H and O–H groups in total. The number of Topliss-reactive ketones (excluding diaryl/α,β-unsaturated/α-hetero) is 1. The van der Waals surface area contributed by atoms with Crippen molar-refractivity contribution in [2.45, 2.75) is 0 Å². The standard InChI is InChI=1S/C15H8BrClO3/c16-9-2-4-13-10(7-9)15(19)14(20-13)6-8-1-3-12(18)11(17)5-8/h1-7,18H. The number of phenols is 1. The number of ether oxygens (including phenoxy) is 1. The molecule has 0 saturated heterocycles. The lowest BCUT2D eigenvalue weighted by molar-refractivity contribution is 0.101. The fraction of sp³-hybridized carbons (Fsp3) is 0. The van der Waals surface area contributed by atoms with Gasteiger partial charge in [-0.05, 0) is 42.0 Å². The van der Waals surface area contributed by atoms with Gasteiger partial charge in [0.25, 0.3) is 0 Å². The molecule has 0 unspecified atom stereocenters. The normalized spacial score (nSPS) is 15.3. The molecule has 1 aliphatic heterocycles. The van der Waals surface area contributed by atoms with Crippen LogP contribution < -0.4 is 4.74 Å². The van der Waals surface area contributed by atoms with Gasteiger partial charge >= 0.3 is 0 Å². The predicted octanol–water partition coefficient (Wildman–Crippen LogP) is 4.42. The quantitative estimate of drug-likeness (QED) is 0.773. The number of allylic oxidation sites excluding steroid dienone is 1. The maximum atomic E-state index is 12.2. The monoisotopic (exact) mass is 350 g/mol. The van der Waals surface area contributed by atoms with Crippen LogP contribution in [0.5, 0.6) is 11.5 Å². The molecule has 0 fully saturated rings. The number of ketones is 1. The van der Waals surface area contributed by atoms with E-state index in [9.17, 15) is 9.90 Å². The van der Waals surface area contributed by atoms with Gasteiger partial charge in [-0.1, -0.05) is 33.6 Å². The highest BCUT2D eigenvalue weighted by Crippen LogP contribution is 2.34. The summed E-state index contributed by atoms with van der Waals surface area (Å²) in [5.74, 6) is 0.597. The molecule has 2 aromatic carbocycles. The molecule has 100 valence electrons. The zero-order valence-electron chi connectivity index (χ0n) is 10.1. The van der Waals surface area contributed by atoms with Crippen molar-refractivity contribution < 1.29 is 14.6 Å². The van der Waals surface area contributed by atoms with Gasteiger partial charge in [-0.2, -0.15) is 0 Å². The average Bonchev–Trinajstić information content (AvgIpc) is 2.71. The van der Waals surface area contributed by atoms with Crippen LogP contribution in [0.2, 0.25) is 5.02 Å². The van der Waals surface area contributed by atoms with Gasteiger partial charge < -0.3 is 9.84 Å². The number of fused-ring (bicyclic) bond motifs is 1. The maximum Gasteiger partial charge on any atom is 0.232 e. The maximum absolute atomic E-state index is 12.2. The molecule has 5 heteroatoms. The molecule has 3 nitrogen and oxygen atoms in total. The Kier molecular flexibility index (Phi) is 3.28. The molecule has 20 heavy (non-hydrogen) atoms. The van der Waals surface area contributed by atoms with Crippen molar-refractivity contribution in [3.05, 3.63) is 62.8 Å². The van der Waals surface area contributed by atoms with E-state index in [1.807, 2.05) is 6.07 Å². The Morgan fingerprint density at radius 2 is 2.00 bits per heavy atom. The molecule has 1 aliphatic rings. The van der Waals surface area contributed by atoms with Crippen LogP contribution in [0.1, 0.15) is 15.9 Å². The van der Waals surface area contributed by atoms with Crippen LogP contribution in [0.25, 0.3) is 6.08 Å². The largest absolute Gasteiger partial charge is 0.506 e. The second-order valence-electron chi connectivity index (χ2n) is 4.29. The summed E-state index contributed by atoms with van der Waals surface area (Å²) in [5.41, 5.74) is 1.21. The van der Waals surface area contributed by atoms with E-state index < -0.39 is 0 Å². The first-order valence-electron chi connectivity index (χ1n) is 5.77. The van der Waals surface area contributed by atoms with Crippen LogP contribution >= 0.6 is 27.5 Å². The fourth-order valence-corrected chi connectivity index (χ4v) is 2.48. The lowest BCUT2D eigenvalue weighted by atomic mass is 10.1. The fourth-order valence-electron chi connectivity index (χ4n) is 1.93.